The number of hydrogen-bond donors (Lipinski definition) is 2. The summed E-state index contributed by atoms with van der Waals surface area (Å²) < 4.78 is 0. The van der Waals surface area contributed by atoms with Crippen LogP contribution < -0.4 is 0 Å². The van der Waals surface area contributed by atoms with Crippen molar-refractivity contribution >= 4 is 18.6 Å². The fourth-order valence-electron chi connectivity index (χ4n) is 0.630. The van der Waals surface area contributed by atoms with Gasteiger partial charge in [0.25, 0.3) is 0 Å². The Hall–Kier alpha value is -0.960. The molecule has 1 aromatic carbocycles. The Labute approximate surface area is 84.0 Å². The first-order chi connectivity index (χ1) is 6.16. The second kappa shape index (κ2) is 7.68. The molecule has 1 aromatic rings. The van der Waals surface area contributed by atoms with E-state index in [9.17, 15) is 4.79 Å². The molecule has 0 amide bonds. The molecule has 0 aliphatic heterocycles. The Morgan fingerprint density at radius 3 is 2.08 bits per heavy atom. The number of benzene rings is 1. The minimum absolute atomic E-state index is 0.156. The minimum atomic E-state index is -0.787. The predicted octanol–water partition coefficient (Wildman–Crippen LogP) is 2.39. The lowest BCUT2D eigenvalue weighted by atomic mass is 10.2. The topological polar surface area (TPSA) is 37.3 Å². The summed E-state index contributed by atoms with van der Waals surface area (Å²) in [5.74, 6) is -0.361. The van der Waals surface area contributed by atoms with Gasteiger partial charge in [-0.1, -0.05) is 35.9 Å². The first kappa shape index (κ1) is 12.0. The van der Waals surface area contributed by atoms with Crippen molar-refractivity contribution in [2.75, 3.05) is 5.75 Å². The molecule has 13 heavy (non-hydrogen) atoms. The summed E-state index contributed by atoms with van der Waals surface area (Å²) in [5.41, 5.74) is 1.32. The zero-order chi connectivity index (χ0) is 10.1. The Kier molecular flexibility index (Phi) is 7.11. The van der Waals surface area contributed by atoms with Crippen molar-refractivity contribution < 1.29 is 9.90 Å². The van der Waals surface area contributed by atoms with E-state index >= 15 is 0 Å². The summed E-state index contributed by atoms with van der Waals surface area (Å²) >= 11 is 3.68. The van der Waals surface area contributed by atoms with E-state index in [2.05, 4.69) is 31.7 Å². The summed E-state index contributed by atoms with van der Waals surface area (Å²) in [6.07, 6.45) is 0.156. The molecule has 0 atom stereocenters. The molecule has 0 bridgehead atoms. The van der Waals surface area contributed by atoms with Crippen LogP contribution in [0.4, 0.5) is 0 Å². The summed E-state index contributed by atoms with van der Waals surface area (Å²) in [5, 5.41) is 7.86. The third-order valence-electron chi connectivity index (χ3n) is 1.27. The summed E-state index contributed by atoms with van der Waals surface area (Å²) in [7, 11) is 0. The average Bonchev–Trinajstić information content (AvgIpc) is 2.06. The number of aryl methyl sites for hydroxylation is 1. The van der Waals surface area contributed by atoms with Crippen LogP contribution in [0.15, 0.2) is 30.3 Å². The van der Waals surface area contributed by atoms with Crippen molar-refractivity contribution in [2.24, 2.45) is 0 Å². The van der Waals surface area contributed by atoms with Crippen molar-refractivity contribution in [2.45, 2.75) is 13.3 Å². The maximum Gasteiger partial charge on any atom is 0.304 e. The van der Waals surface area contributed by atoms with E-state index in [0.29, 0.717) is 5.75 Å². The molecule has 0 heterocycles. The molecule has 3 heteroatoms. The number of aliphatic carboxylic acids is 1. The molecule has 2 nitrogen and oxygen atoms in total. The van der Waals surface area contributed by atoms with Crippen LogP contribution in [0.25, 0.3) is 0 Å². The SMILES string of the molecule is Cc1ccccc1.O=C(O)CCS. The van der Waals surface area contributed by atoms with Crippen molar-refractivity contribution in [3.63, 3.8) is 0 Å². The van der Waals surface area contributed by atoms with Crippen LogP contribution in [0.1, 0.15) is 12.0 Å². The number of rotatable bonds is 2. The number of carboxylic acid groups (broad SMARTS) is 1. The largest absolute Gasteiger partial charge is 0.481 e. The fourth-order valence-corrected chi connectivity index (χ4v) is 0.821. The van der Waals surface area contributed by atoms with Gasteiger partial charge in [-0.05, 0) is 6.92 Å². The van der Waals surface area contributed by atoms with E-state index in [4.69, 9.17) is 5.11 Å². The molecular formula is C10H14O2S. The lowest BCUT2D eigenvalue weighted by Crippen LogP contribution is -1.93. The highest BCUT2D eigenvalue weighted by atomic mass is 32.1. The standard InChI is InChI=1S/C7H8.C3H6O2S/c1-7-5-3-2-4-6-7;4-3(5)1-2-6/h2-6H,1H3;6H,1-2H2,(H,4,5). The molecule has 0 aliphatic carbocycles. The van der Waals surface area contributed by atoms with Crippen LogP contribution in [0.2, 0.25) is 0 Å². The molecule has 0 unspecified atom stereocenters. The highest BCUT2D eigenvalue weighted by molar-refractivity contribution is 7.80. The van der Waals surface area contributed by atoms with Gasteiger partial charge in [-0.25, -0.2) is 0 Å². The van der Waals surface area contributed by atoms with Crippen LogP contribution >= 0.6 is 12.6 Å². The van der Waals surface area contributed by atoms with Crippen molar-refractivity contribution in [3.8, 4) is 0 Å². The van der Waals surface area contributed by atoms with Gasteiger partial charge in [0.2, 0.25) is 0 Å². The molecule has 0 saturated carbocycles. The van der Waals surface area contributed by atoms with Gasteiger partial charge >= 0.3 is 5.97 Å². The van der Waals surface area contributed by atoms with Crippen LogP contribution in [0.3, 0.4) is 0 Å². The maximum atomic E-state index is 9.55. The van der Waals surface area contributed by atoms with Crippen LogP contribution in [-0.2, 0) is 4.79 Å². The molecule has 0 saturated heterocycles. The smallest absolute Gasteiger partial charge is 0.304 e. The number of carbonyl (C=O) groups is 1. The lowest BCUT2D eigenvalue weighted by Gasteiger charge is -1.82. The third-order valence-corrected chi connectivity index (χ3v) is 1.49. The van der Waals surface area contributed by atoms with E-state index < -0.39 is 5.97 Å². The molecule has 1 rings (SSSR count). The van der Waals surface area contributed by atoms with Gasteiger partial charge in [-0.2, -0.15) is 12.6 Å². The van der Waals surface area contributed by atoms with Gasteiger partial charge in [-0.3, -0.25) is 4.79 Å². The number of hydrogen-bond acceptors (Lipinski definition) is 2. The van der Waals surface area contributed by atoms with E-state index in [1.165, 1.54) is 5.56 Å². The van der Waals surface area contributed by atoms with Crippen LogP contribution in [0, 0.1) is 6.92 Å². The maximum absolute atomic E-state index is 9.55. The lowest BCUT2D eigenvalue weighted by molar-refractivity contribution is -0.136. The van der Waals surface area contributed by atoms with Gasteiger partial charge in [0.1, 0.15) is 0 Å². The normalized spacial score (nSPS) is 8.46. The van der Waals surface area contributed by atoms with Gasteiger partial charge in [0, 0.05) is 5.75 Å². The number of carboxylic acids is 1. The first-order valence-corrected chi connectivity index (χ1v) is 4.64. The quantitative estimate of drug-likeness (QED) is 0.716. The molecule has 0 aliphatic rings. The second-order valence-electron chi connectivity index (χ2n) is 2.52. The Morgan fingerprint density at radius 2 is 1.92 bits per heavy atom. The van der Waals surface area contributed by atoms with Gasteiger partial charge in [-0.15, -0.1) is 0 Å². The highest BCUT2D eigenvalue weighted by Gasteiger charge is 1.88. The Morgan fingerprint density at radius 1 is 1.38 bits per heavy atom. The molecule has 1 N–H and O–H groups in total. The Balaban J connectivity index is 0.000000226. The minimum Gasteiger partial charge on any atom is -0.481 e. The molecule has 0 aromatic heterocycles. The fraction of sp³-hybridized carbons (Fsp3) is 0.300. The summed E-state index contributed by atoms with van der Waals surface area (Å²) in [4.78, 5) is 9.55. The van der Waals surface area contributed by atoms with Crippen molar-refractivity contribution in [1.82, 2.24) is 0 Å². The van der Waals surface area contributed by atoms with Crippen molar-refractivity contribution in [1.29, 1.82) is 0 Å². The zero-order valence-corrected chi connectivity index (χ0v) is 8.50. The van der Waals surface area contributed by atoms with Gasteiger partial charge in [0.05, 0.1) is 6.42 Å². The highest BCUT2D eigenvalue weighted by Crippen LogP contribution is 1.92. The molecular weight excluding hydrogens is 184 g/mol. The van der Waals surface area contributed by atoms with Crippen LogP contribution in [-0.4, -0.2) is 16.8 Å². The first-order valence-electron chi connectivity index (χ1n) is 4.01. The zero-order valence-electron chi connectivity index (χ0n) is 7.60. The molecule has 0 radical (unpaired) electrons. The summed E-state index contributed by atoms with van der Waals surface area (Å²) in [6.45, 7) is 2.08. The van der Waals surface area contributed by atoms with Gasteiger partial charge < -0.3 is 5.11 Å². The second-order valence-corrected chi connectivity index (χ2v) is 2.97. The van der Waals surface area contributed by atoms with Crippen molar-refractivity contribution in [3.05, 3.63) is 35.9 Å². The van der Waals surface area contributed by atoms with Gasteiger partial charge in [0.15, 0.2) is 0 Å². The molecule has 0 fully saturated rings. The van der Waals surface area contributed by atoms with Crippen LogP contribution in [0.5, 0.6) is 0 Å². The molecule has 72 valence electrons. The summed E-state index contributed by atoms with van der Waals surface area (Å²) in [6, 6.07) is 10.3. The van der Waals surface area contributed by atoms with E-state index in [-0.39, 0.29) is 6.42 Å². The molecule has 0 spiro atoms. The monoisotopic (exact) mass is 198 g/mol. The average molecular weight is 198 g/mol. The van der Waals surface area contributed by atoms with E-state index in [0.717, 1.165) is 0 Å². The third kappa shape index (κ3) is 8.95. The predicted molar refractivity (Wildman–Crippen MR) is 57.3 cm³/mol. The Bertz CT molecular complexity index is 234. The number of thiol groups is 1. The van der Waals surface area contributed by atoms with E-state index in [1.54, 1.807) is 0 Å². The van der Waals surface area contributed by atoms with E-state index in [1.807, 2.05) is 18.2 Å².